The number of rotatable bonds is 43. The molecule has 0 spiro atoms. The van der Waals surface area contributed by atoms with Crippen molar-refractivity contribution in [2.45, 2.75) is 13.8 Å². The standard InChI is InChI=1S/C33H64O17/c1-31(33(35)36)32(2)50-30-29-49-28-27-48-26-25-47-24-23-46-22-21-45-20-19-44-18-17-43-16-15-42-14-13-41-12-11-40-10-9-39-8-7-38-6-5-37-4-3-34/h34H,3-30H2,1-2H3,(H,35,36). The van der Waals surface area contributed by atoms with Crippen LogP contribution in [0, 0.1) is 0 Å². The van der Waals surface area contributed by atoms with Crippen molar-refractivity contribution in [3.8, 4) is 0 Å². The van der Waals surface area contributed by atoms with Crippen molar-refractivity contribution in [2.24, 2.45) is 0 Å². The Hall–Kier alpha value is -1.55. The average Bonchev–Trinajstić information content (AvgIpc) is 3.11. The van der Waals surface area contributed by atoms with Gasteiger partial charge in [-0.05, 0) is 13.8 Å². The molecule has 0 atom stereocenters. The summed E-state index contributed by atoms with van der Waals surface area (Å²) in [5.41, 5.74) is 0.182. The van der Waals surface area contributed by atoms with E-state index in [-0.39, 0.29) is 18.8 Å². The van der Waals surface area contributed by atoms with E-state index in [1.165, 1.54) is 6.92 Å². The molecule has 0 aromatic rings. The first kappa shape index (κ1) is 48.5. The predicted octanol–water partition coefficient (Wildman–Crippen LogP) is 0.590. The van der Waals surface area contributed by atoms with Gasteiger partial charge in [0.2, 0.25) is 0 Å². The number of hydrogen-bond acceptors (Lipinski definition) is 16. The molecule has 0 heterocycles. The van der Waals surface area contributed by atoms with E-state index in [1.807, 2.05) is 0 Å². The molecule has 0 aromatic carbocycles. The van der Waals surface area contributed by atoms with Crippen molar-refractivity contribution in [3.63, 3.8) is 0 Å². The van der Waals surface area contributed by atoms with Gasteiger partial charge in [0.25, 0.3) is 0 Å². The van der Waals surface area contributed by atoms with E-state index in [0.717, 1.165) is 0 Å². The van der Waals surface area contributed by atoms with Crippen molar-refractivity contribution >= 4 is 5.97 Å². The quantitative estimate of drug-likeness (QED) is 0.0503. The van der Waals surface area contributed by atoms with Gasteiger partial charge < -0.3 is 76.5 Å². The van der Waals surface area contributed by atoms with Gasteiger partial charge in [-0.15, -0.1) is 0 Å². The molecule has 50 heavy (non-hydrogen) atoms. The molecule has 0 fully saturated rings. The second-order valence-electron chi connectivity index (χ2n) is 10.0. The zero-order chi connectivity index (χ0) is 36.4. The summed E-state index contributed by atoms with van der Waals surface area (Å²) < 4.78 is 75.6. The molecule has 2 N–H and O–H groups in total. The van der Waals surface area contributed by atoms with Crippen molar-refractivity contribution < 1.29 is 81.3 Å². The van der Waals surface area contributed by atoms with E-state index in [2.05, 4.69) is 0 Å². The van der Waals surface area contributed by atoms with Crippen LogP contribution in [0.15, 0.2) is 11.3 Å². The van der Waals surface area contributed by atoms with Crippen LogP contribution in [0.3, 0.4) is 0 Å². The topological polar surface area (TPSA) is 187 Å². The van der Waals surface area contributed by atoms with Gasteiger partial charge in [-0.2, -0.15) is 0 Å². The van der Waals surface area contributed by atoms with E-state index >= 15 is 0 Å². The SMILES string of the molecule is CC(OCCOCCOCCOCCOCCOCCOCCOCCOCCOCCOCCOCCOCCOCCO)=C(C)C(=O)O. The highest BCUT2D eigenvalue weighted by atomic mass is 16.6. The third-order valence-corrected chi connectivity index (χ3v) is 6.09. The highest BCUT2D eigenvalue weighted by Crippen LogP contribution is 2.04. The van der Waals surface area contributed by atoms with E-state index in [9.17, 15) is 4.79 Å². The molecule has 0 aromatic heterocycles. The van der Waals surface area contributed by atoms with Crippen LogP contribution >= 0.6 is 0 Å². The molecule has 17 heteroatoms. The minimum atomic E-state index is -0.995. The minimum Gasteiger partial charge on any atom is -0.495 e. The highest BCUT2D eigenvalue weighted by molar-refractivity contribution is 5.86. The number of carbonyl (C=O) groups is 1. The molecule has 17 nitrogen and oxygen atoms in total. The van der Waals surface area contributed by atoms with Crippen LogP contribution < -0.4 is 0 Å². The zero-order valence-electron chi connectivity index (χ0n) is 30.3. The Labute approximate surface area is 297 Å². The van der Waals surface area contributed by atoms with E-state index in [4.69, 9.17) is 76.5 Å². The highest BCUT2D eigenvalue weighted by Gasteiger charge is 2.06. The Kier molecular flexibility index (Phi) is 40.6. The summed E-state index contributed by atoms with van der Waals surface area (Å²) in [6, 6.07) is 0. The van der Waals surface area contributed by atoms with E-state index in [0.29, 0.717) is 178 Å². The molecule has 298 valence electrons. The molecule has 0 unspecified atom stereocenters. The number of ether oxygens (including phenoxy) is 14. The first-order valence-corrected chi connectivity index (χ1v) is 17.2. The first-order valence-electron chi connectivity index (χ1n) is 17.2. The fourth-order valence-corrected chi connectivity index (χ4v) is 3.32. The van der Waals surface area contributed by atoms with Gasteiger partial charge in [0, 0.05) is 0 Å². The lowest BCUT2D eigenvalue weighted by Crippen LogP contribution is -2.15. The normalized spacial score (nSPS) is 12.1. The summed E-state index contributed by atoms with van der Waals surface area (Å²) in [5.74, 6) is -0.616. The number of hydrogen-bond donors (Lipinski definition) is 2. The van der Waals surface area contributed by atoms with Gasteiger partial charge in [-0.1, -0.05) is 0 Å². The molecule has 0 aliphatic rings. The Morgan fingerprint density at radius 2 is 0.520 bits per heavy atom. The molecule has 0 amide bonds. The Morgan fingerprint density at radius 3 is 0.700 bits per heavy atom. The molecule has 0 saturated carbocycles. The largest absolute Gasteiger partial charge is 0.495 e. The first-order chi connectivity index (χ1) is 24.6. The molecule has 0 rings (SSSR count). The summed E-state index contributed by atoms with van der Waals surface area (Å²) in [7, 11) is 0. The van der Waals surface area contributed by atoms with Crippen LogP contribution in [-0.4, -0.2) is 201 Å². The lowest BCUT2D eigenvalue weighted by molar-refractivity contribution is -0.132. The lowest BCUT2D eigenvalue weighted by Gasteiger charge is -2.09. The van der Waals surface area contributed by atoms with Crippen LogP contribution in [0.25, 0.3) is 0 Å². The molecular formula is C33H64O17. The average molecular weight is 733 g/mol. The van der Waals surface area contributed by atoms with Gasteiger partial charge >= 0.3 is 5.97 Å². The maximum atomic E-state index is 10.8. The van der Waals surface area contributed by atoms with Crippen LogP contribution in [0.5, 0.6) is 0 Å². The maximum Gasteiger partial charge on any atom is 0.334 e. The van der Waals surface area contributed by atoms with Crippen molar-refractivity contribution in [1.82, 2.24) is 0 Å². The van der Waals surface area contributed by atoms with Crippen molar-refractivity contribution in [2.75, 3.05) is 185 Å². The summed E-state index contributed by atoms with van der Waals surface area (Å²) in [4.78, 5) is 10.8. The number of aliphatic hydroxyl groups is 1. The van der Waals surface area contributed by atoms with E-state index in [1.54, 1.807) is 6.92 Å². The number of carboxylic acids is 1. The molecule has 0 aliphatic carbocycles. The smallest absolute Gasteiger partial charge is 0.334 e. The fourth-order valence-electron chi connectivity index (χ4n) is 3.32. The minimum absolute atomic E-state index is 0.0193. The molecule has 0 bridgehead atoms. The predicted molar refractivity (Wildman–Crippen MR) is 180 cm³/mol. The summed E-state index contributed by atoms with van der Waals surface area (Å²) in [6.45, 7) is 15.6. The van der Waals surface area contributed by atoms with Gasteiger partial charge in [0.1, 0.15) is 12.4 Å². The van der Waals surface area contributed by atoms with Crippen molar-refractivity contribution in [1.29, 1.82) is 0 Å². The van der Waals surface area contributed by atoms with Gasteiger partial charge in [-0.3, -0.25) is 0 Å². The second-order valence-corrected chi connectivity index (χ2v) is 10.0. The van der Waals surface area contributed by atoms with Crippen LogP contribution in [0.2, 0.25) is 0 Å². The maximum absolute atomic E-state index is 10.8. The molecular weight excluding hydrogens is 668 g/mol. The van der Waals surface area contributed by atoms with Gasteiger partial charge in [-0.25, -0.2) is 4.79 Å². The lowest BCUT2D eigenvalue weighted by atomic mass is 10.3. The number of carboxylic acid groups (broad SMARTS) is 1. The molecule has 0 aliphatic heterocycles. The summed E-state index contributed by atoms with van der Waals surface area (Å²) >= 11 is 0. The van der Waals surface area contributed by atoms with Crippen LogP contribution in [-0.2, 0) is 71.1 Å². The summed E-state index contributed by atoms with van der Waals surface area (Å²) in [5, 5.41) is 17.4. The number of aliphatic carboxylic acids is 1. The second kappa shape index (κ2) is 41.9. The summed E-state index contributed by atoms with van der Waals surface area (Å²) in [6.07, 6.45) is 0. The Bertz CT molecular complexity index is 728. The van der Waals surface area contributed by atoms with Gasteiger partial charge in [0.05, 0.1) is 184 Å². The van der Waals surface area contributed by atoms with Crippen LogP contribution in [0.1, 0.15) is 13.8 Å². The third-order valence-electron chi connectivity index (χ3n) is 6.09. The number of allylic oxidation sites excluding steroid dienone is 1. The molecule has 0 saturated heterocycles. The monoisotopic (exact) mass is 732 g/mol. The molecule has 0 radical (unpaired) electrons. The third kappa shape index (κ3) is 39.2. The van der Waals surface area contributed by atoms with E-state index < -0.39 is 5.97 Å². The Morgan fingerprint density at radius 1 is 0.340 bits per heavy atom. The fraction of sp³-hybridized carbons (Fsp3) is 0.909. The van der Waals surface area contributed by atoms with Crippen molar-refractivity contribution in [3.05, 3.63) is 11.3 Å². The van der Waals surface area contributed by atoms with Gasteiger partial charge in [0.15, 0.2) is 0 Å². The zero-order valence-corrected chi connectivity index (χ0v) is 30.3. The van der Waals surface area contributed by atoms with Crippen LogP contribution in [0.4, 0.5) is 0 Å². The number of aliphatic hydroxyl groups excluding tert-OH is 1. The Balaban J connectivity index is 3.11.